The lowest BCUT2D eigenvalue weighted by Gasteiger charge is -2.26. The van der Waals surface area contributed by atoms with Crippen molar-refractivity contribution in [3.63, 3.8) is 0 Å². The Morgan fingerprint density at radius 1 is 1.23 bits per heavy atom. The number of hydrogen-bond acceptors (Lipinski definition) is 3. The van der Waals surface area contributed by atoms with Gasteiger partial charge in [0.05, 0.1) is 12.3 Å². The van der Waals surface area contributed by atoms with Crippen molar-refractivity contribution in [2.24, 2.45) is 11.1 Å². The van der Waals surface area contributed by atoms with Crippen LogP contribution in [0, 0.1) is 11.7 Å². The van der Waals surface area contributed by atoms with Gasteiger partial charge in [0, 0.05) is 18.9 Å². The van der Waals surface area contributed by atoms with E-state index in [-0.39, 0.29) is 23.7 Å². The second-order valence-electron chi connectivity index (χ2n) is 6.84. The fourth-order valence-corrected chi connectivity index (χ4v) is 3.03. The van der Waals surface area contributed by atoms with Crippen LogP contribution in [-0.2, 0) is 16.2 Å². The van der Waals surface area contributed by atoms with Gasteiger partial charge in [0.25, 0.3) is 0 Å². The molecule has 5 heteroatoms. The third-order valence-corrected chi connectivity index (χ3v) is 4.33. The molecule has 2 aromatic rings. The van der Waals surface area contributed by atoms with Gasteiger partial charge in [-0.05, 0) is 23.3 Å². The molecule has 3 rings (SSSR count). The predicted octanol–water partition coefficient (Wildman–Crippen LogP) is 4.00. The Kier molecular flexibility index (Phi) is 5.66. The van der Waals surface area contributed by atoms with E-state index in [1.165, 1.54) is 12.1 Å². The van der Waals surface area contributed by atoms with Crippen molar-refractivity contribution in [3.05, 3.63) is 71.5 Å². The first-order valence-corrected chi connectivity index (χ1v) is 8.84. The van der Waals surface area contributed by atoms with Crippen LogP contribution in [-0.4, -0.2) is 29.2 Å². The number of rotatable bonds is 6. The molecule has 26 heavy (non-hydrogen) atoms. The summed E-state index contributed by atoms with van der Waals surface area (Å²) >= 11 is 0. The zero-order valence-corrected chi connectivity index (χ0v) is 15.1. The molecule has 1 aliphatic heterocycles. The molecule has 0 spiro atoms. The second kappa shape index (κ2) is 8.13. The fourth-order valence-electron chi connectivity index (χ4n) is 3.03. The standard InChI is InChI=1S/C21H23FN2O2/c1-15(2)21(25)24(13-16-7-6-10-18(22)11-16)14-19-12-20(23-26-19)17-8-4-3-5-9-17/h3-11,15,19H,12-14H2,1-2H3/t19-/m0/s1. The number of hydrogen-bond donors (Lipinski definition) is 0. The molecule has 0 aromatic heterocycles. The molecule has 1 atom stereocenters. The van der Waals surface area contributed by atoms with Crippen molar-refractivity contribution < 1.29 is 14.0 Å². The molecule has 136 valence electrons. The van der Waals surface area contributed by atoms with E-state index in [0.29, 0.717) is 19.5 Å². The van der Waals surface area contributed by atoms with Gasteiger partial charge in [0.2, 0.25) is 5.91 Å². The molecule has 4 nitrogen and oxygen atoms in total. The monoisotopic (exact) mass is 354 g/mol. The summed E-state index contributed by atoms with van der Waals surface area (Å²) in [6.45, 7) is 4.51. The fraction of sp³-hybridized carbons (Fsp3) is 0.333. The van der Waals surface area contributed by atoms with Crippen molar-refractivity contribution in [3.8, 4) is 0 Å². The zero-order chi connectivity index (χ0) is 18.5. The van der Waals surface area contributed by atoms with E-state index in [1.807, 2.05) is 50.2 Å². The quantitative estimate of drug-likeness (QED) is 0.787. The molecule has 0 fully saturated rings. The normalized spacial score (nSPS) is 16.3. The van der Waals surface area contributed by atoms with E-state index < -0.39 is 0 Å². The van der Waals surface area contributed by atoms with Crippen molar-refractivity contribution in [2.75, 3.05) is 6.54 Å². The van der Waals surface area contributed by atoms with Crippen molar-refractivity contribution in [1.82, 2.24) is 4.90 Å². The van der Waals surface area contributed by atoms with Crippen LogP contribution >= 0.6 is 0 Å². The lowest BCUT2D eigenvalue weighted by molar-refractivity contribution is -0.137. The van der Waals surface area contributed by atoms with E-state index in [9.17, 15) is 9.18 Å². The van der Waals surface area contributed by atoms with E-state index in [1.54, 1.807) is 11.0 Å². The number of halogens is 1. The maximum atomic E-state index is 13.5. The van der Waals surface area contributed by atoms with Gasteiger partial charge in [-0.1, -0.05) is 61.5 Å². The van der Waals surface area contributed by atoms with Crippen LogP contribution in [0.3, 0.4) is 0 Å². The van der Waals surface area contributed by atoms with Crippen LogP contribution in [0.1, 0.15) is 31.4 Å². The van der Waals surface area contributed by atoms with E-state index >= 15 is 0 Å². The summed E-state index contributed by atoms with van der Waals surface area (Å²) < 4.78 is 13.5. The van der Waals surface area contributed by atoms with Crippen molar-refractivity contribution >= 4 is 11.6 Å². The SMILES string of the molecule is CC(C)C(=O)N(Cc1cccc(F)c1)C[C@@H]1CC(c2ccccc2)=NO1. The van der Waals surface area contributed by atoms with Crippen molar-refractivity contribution in [2.45, 2.75) is 32.9 Å². The first-order valence-electron chi connectivity index (χ1n) is 8.84. The Morgan fingerprint density at radius 2 is 2.00 bits per heavy atom. The van der Waals surface area contributed by atoms with Crippen LogP contribution in [0.25, 0.3) is 0 Å². The lowest BCUT2D eigenvalue weighted by Crippen LogP contribution is -2.39. The first-order chi connectivity index (χ1) is 12.5. The molecule has 0 bridgehead atoms. The van der Waals surface area contributed by atoms with Gasteiger partial charge in [-0.2, -0.15) is 0 Å². The Bertz CT molecular complexity index is 790. The molecule has 1 heterocycles. The predicted molar refractivity (Wildman–Crippen MR) is 99.1 cm³/mol. The summed E-state index contributed by atoms with van der Waals surface area (Å²) in [5, 5.41) is 4.18. The number of amides is 1. The summed E-state index contributed by atoms with van der Waals surface area (Å²) in [5.41, 5.74) is 2.68. The molecule has 0 saturated carbocycles. The third-order valence-electron chi connectivity index (χ3n) is 4.33. The minimum Gasteiger partial charge on any atom is -0.390 e. The zero-order valence-electron chi connectivity index (χ0n) is 15.1. The molecular formula is C21H23FN2O2. The highest BCUT2D eigenvalue weighted by atomic mass is 19.1. The van der Waals surface area contributed by atoms with Crippen LogP contribution in [0.2, 0.25) is 0 Å². The van der Waals surface area contributed by atoms with Crippen LogP contribution < -0.4 is 0 Å². The molecule has 1 aliphatic rings. The molecule has 0 saturated heterocycles. The number of benzene rings is 2. The molecule has 1 amide bonds. The third kappa shape index (κ3) is 4.48. The van der Waals surface area contributed by atoms with E-state index in [4.69, 9.17) is 4.84 Å². The number of nitrogens with zero attached hydrogens (tertiary/aromatic N) is 2. The first kappa shape index (κ1) is 18.1. The van der Waals surface area contributed by atoms with Crippen LogP contribution in [0.4, 0.5) is 4.39 Å². The van der Waals surface area contributed by atoms with Gasteiger partial charge in [-0.25, -0.2) is 4.39 Å². The minimum absolute atomic E-state index is 0.0195. The Labute approximate surface area is 153 Å². The Hall–Kier alpha value is -2.69. The molecule has 0 unspecified atom stereocenters. The molecular weight excluding hydrogens is 331 g/mol. The number of carbonyl (C=O) groups is 1. The highest BCUT2D eigenvalue weighted by Crippen LogP contribution is 2.19. The average molecular weight is 354 g/mol. The van der Waals surface area contributed by atoms with E-state index in [0.717, 1.165) is 16.8 Å². The van der Waals surface area contributed by atoms with Gasteiger partial charge in [-0.3, -0.25) is 4.79 Å². The van der Waals surface area contributed by atoms with Crippen molar-refractivity contribution in [1.29, 1.82) is 0 Å². The smallest absolute Gasteiger partial charge is 0.225 e. The largest absolute Gasteiger partial charge is 0.390 e. The number of carbonyl (C=O) groups excluding carboxylic acids is 1. The maximum absolute atomic E-state index is 13.5. The van der Waals surface area contributed by atoms with Gasteiger partial charge in [-0.15, -0.1) is 0 Å². The highest BCUT2D eigenvalue weighted by molar-refractivity contribution is 6.01. The topological polar surface area (TPSA) is 41.9 Å². The number of oxime groups is 1. The van der Waals surface area contributed by atoms with Gasteiger partial charge in [0.15, 0.2) is 6.10 Å². The Morgan fingerprint density at radius 3 is 2.69 bits per heavy atom. The van der Waals surface area contributed by atoms with Gasteiger partial charge < -0.3 is 9.74 Å². The summed E-state index contributed by atoms with van der Waals surface area (Å²) in [5.74, 6) is -0.420. The molecule has 0 N–H and O–H groups in total. The van der Waals surface area contributed by atoms with Gasteiger partial charge in [0.1, 0.15) is 5.82 Å². The second-order valence-corrected chi connectivity index (χ2v) is 6.84. The average Bonchev–Trinajstić information content (AvgIpc) is 3.10. The van der Waals surface area contributed by atoms with Crippen LogP contribution in [0.5, 0.6) is 0 Å². The summed E-state index contributed by atoms with van der Waals surface area (Å²) in [7, 11) is 0. The van der Waals surface area contributed by atoms with Crippen LogP contribution in [0.15, 0.2) is 59.8 Å². The lowest BCUT2D eigenvalue weighted by atomic mass is 10.0. The summed E-state index contributed by atoms with van der Waals surface area (Å²) in [6, 6.07) is 16.2. The molecule has 0 aliphatic carbocycles. The molecule has 0 radical (unpaired) electrons. The van der Waals surface area contributed by atoms with Gasteiger partial charge >= 0.3 is 0 Å². The summed E-state index contributed by atoms with van der Waals surface area (Å²) in [4.78, 5) is 19.9. The minimum atomic E-state index is -0.300. The van der Waals surface area contributed by atoms with E-state index in [2.05, 4.69) is 5.16 Å². The summed E-state index contributed by atoms with van der Waals surface area (Å²) in [6.07, 6.45) is 0.455. The molecule has 2 aromatic carbocycles. The maximum Gasteiger partial charge on any atom is 0.225 e. The Balaban J connectivity index is 1.68. The highest BCUT2D eigenvalue weighted by Gasteiger charge is 2.27.